The molecule has 0 bridgehead atoms. The molecule has 20 heteroatoms. The number of ether oxygens (including phenoxy) is 10. The standard InChI is InChI=1S/2C24H36NO2P.C21H30NO2P.2C20H28NO2P/c1-9-25(10-2)20-13-11-12-18(4)23(20)28-21-15-17(3)14-19(24(5,6)7)22(21)27-16-26-8;1-9-25(10-2)20-13-11-12-17(3)23(20)28-21-15-19(24(5,6)7)14-18(4)22(21)27-16-26-8;1-7-22(8-2)18-11-9-10-16(4)21(18)25-19-13-15(3)12-17(5)20(19)24-14-23-6;1-6-21(7-2)17-12-8-11-16(4)20(17)24-18-13-9-10-15(3)19(18)23-14-22-5;1-6-21(7-2)17-10-8-9-16(4)20(17)24-19-13-15(3)11-12-18(19)23-14-22-5/h2*11-15,28H,9-10,16H2,1-8H3;9-13,25H,7-8,14H2,1-6H3;2*8-13,24H,6-7,14H2,1-5H3. The Morgan fingerprint density at radius 3 is 0.845 bits per heavy atom. The molecule has 0 aliphatic heterocycles. The maximum atomic E-state index is 6.14. The zero-order chi connectivity index (χ0) is 95.2. The first-order valence-corrected chi connectivity index (χ1v) is 51.0. The lowest BCUT2D eigenvalue weighted by Gasteiger charge is -2.28. The molecule has 129 heavy (non-hydrogen) atoms. The van der Waals surface area contributed by atoms with E-state index in [2.05, 4.69) is 369 Å². The third-order valence-corrected chi connectivity index (χ3v) is 30.4. The topological polar surface area (TPSA) is 109 Å². The minimum absolute atomic E-state index is 0.00175. The van der Waals surface area contributed by atoms with Gasteiger partial charge in [-0.1, -0.05) is 193 Å². The van der Waals surface area contributed by atoms with Gasteiger partial charge in [-0.05, 0) is 278 Å². The van der Waals surface area contributed by atoms with Gasteiger partial charge in [-0.2, -0.15) is 0 Å². The van der Waals surface area contributed by atoms with Crippen molar-refractivity contribution >= 4 is 124 Å². The minimum atomic E-state index is 0.00175. The molecule has 5 atom stereocenters. The first-order chi connectivity index (χ1) is 61.7. The highest BCUT2D eigenvalue weighted by Gasteiger charge is 2.27. The van der Waals surface area contributed by atoms with Crippen LogP contribution in [0.25, 0.3) is 0 Å². The summed E-state index contributed by atoms with van der Waals surface area (Å²) in [7, 11) is 11.0. The molecule has 0 saturated carbocycles. The molecule has 0 saturated heterocycles. The number of para-hydroxylation sites is 1. The molecule has 704 valence electrons. The molecular weight excluding hydrogens is 1690 g/mol. The van der Waals surface area contributed by atoms with E-state index in [4.69, 9.17) is 47.4 Å². The van der Waals surface area contributed by atoms with Crippen LogP contribution in [-0.4, -0.2) is 135 Å². The van der Waals surface area contributed by atoms with Gasteiger partial charge in [0.2, 0.25) is 0 Å². The van der Waals surface area contributed by atoms with E-state index in [0.29, 0.717) is 42.9 Å². The van der Waals surface area contributed by atoms with E-state index >= 15 is 0 Å². The highest BCUT2D eigenvalue weighted by atomic mass is 31.1. The Bertz CT molecular complexity index is 4960. The van der Waals surface area contributed by atoms with E-state index in [0.717, 1.165) is 105 Å². The molecular formula is C109H158N5O10P5. The Hall–Kier alpha value is -7.85. The first-order valence-electron chi connectivity index (χ1n) is 46.0. The third kappa shape index (κ3) is 31.9. The summed E-state index contributed by atoms with van der Waals surface area (Å²) in [5.74, 6) is 4.76. The van der Waals surface area contributed by atoms with Crippen LogP contribution in [0, 0.1) is 76.2 Å². The number of nitrogens with zero attached hydrogens (tertiary/aromatic N) is 5. The molecule has 0 radical (unpaired) electrons. The van der Waals surface area contributed by atoms with E-state index in [1.165, 1.54) is 143 Å². The van der Waals surface area contributed by atoms with Crippen LogP contribution in [0.15, 0.2) is 164 Å². The highest BCUT2D eigenvalue weighted by molar-refractivity contribution is 7.57. The van der Waals surface area contributed by atoms with Crippen LogP contribution >= 0.6 is 42.9 Å². The third-order valence-electron chi connectivity index (χ3n) is 22.6. The summed E-state index contributed by atoms with van der Waals surface area (Å²) in [6.07, 6.45) is 0. The number of anilines is 5. The van der Waals surface area contributed by atoms with Crippen molar-refractivity contribution in [2.45, 2.75) is 198 Å². The summed E-state index contributed by atoms with van der Waals surface area (Å²) in [6.45, 7) is 70.9. The fourth-order valence-electron chi connectivity index (χ4n) is 15.6. The average Bonchev–Trinajstić information content (AvgIpc) is 0.788. The molecule has 10 aromatic carbocycles. The van der Waals surface area contributed by atoms with Crippen LogP contribution in [0.4, 0.5) is 28.4 Å². The van der Waals surface area contributed by atoms with Crippen molar-refractivity contribution in [3.05, 3.63) is 236 Å². The molecule has 0 aliphatic carbocycles. The van der Waals surface area contributed by atoms with Crippen molar-refractivity contribution in [3.8, 4) is 28.7 Å². The molecule has 5 unspecified atom stereocenters. The summed E-state index contributed by atoms with van der Waals surface area (Å²) < 4.78 is 55.4. The van der Waals surface area contributed by atoms with Gasteiger partial charge in [0.25, 0.3) is 0 Å². The van der Waals surface area contributed by atoms with E-state index in [1.807, 2.05) is 6.07 Å². The normalized spacial score (nSPS) is 11.6. The maximum Gasteiger partial charge on any atom is 0.188 e. The highest BCUT2D eigenvalue weighted by Crippen LogP contribution is 2.39. The van der Waals surface area contributed by atoms with Crippen LogP contribution in [0.5, 0.6) is 28.7 Å². The largest absolute Gasteiger partial charge is 0.467 e. The second kappa shape index (κ2) is 55.6. The number of hydrogen-bond donors (Lipinski definition) is 0. The number of methoxy groups -OCH3 is 5. The number of aryl methyl sites for hydroxylation is 11. The van der Waals surface area contributed by atoms with E-state index in [1.54, 1.807) is 35.5 Å². The van der Waals surface area contributed by atoms with Gasteiger partial charge in [0.05, 0.1) is 0 Å². The van der Waals surface area contributed by atoms with Crippen LogP contribution < -0.4 is 101 Å². The van der Waals surface area contributed by atoms with Gasteiger partial charge in [0.1, 0.15) is 28.7 Å². The van der Waals surface area contributed by atoms with Gasteiger partial charge >= 0.3 is 0 Å². The minimum Gasteiger partial charge on any atom is -0.467 e. The summed E-state index contributed by atoms with van der Waals surface area (Å²) in [5.41, 5.74) is 23.3. The lowest BCUT2D eigenvalue weighted by Crippen LogP contribution is -2.28. The van der Waals surface area contributed by atoms with Crippen molar-refractivity contribution < 1.29 is 47.4 Å². The molecule has 0 aromatic heterocycles. The predicted octanol–water partition coefficient (Wildman–Crippen LogP) is 21.7. The monoisotopic (exact) mass is 1850 g/mol. The predicted molar refractivity (Wildman–Crippen MR) is 572 cm³/mol. The van der Waals surface area contributed by atoms with Crippen LogP contribution in [0.3, 0.4) is 0 Å². The summed E-state index contributed by atoms with van der Waals surface area (Å²) in [5, 5.41) is 13.2. The molecule has 10 rings (SSSR count). The number of hydrogen-bond acceptors (Lipinski definition) is 15. The van der Waals surface area contributed by atoms with Crippen molar-refractivity contribution in [3.63, 3.8) is 0 Å². The van der Waals surface area contributed by atoms with E-state index < -0.39 is 0 Å². The Morgan fingerprint density at radius 1 is 0.240 bits per heavy atom. The van der Waals surface area contributed by atoms with Gasteiger partial charge in [0, 0.05) is 188 Å². The van der Waals surface area contributed by atoms with Crippen molar-refractivity contribution in [1.82, 2.24) is 0 Å². The molecule has 0 spiro atoms. The van der Waals surface area contributed by atoms with Crippen molar-refractivity contribution in [2.24, 2.45) is 0 Å². The summed E-state index contributed by atoms with van der Waals surface area (Å²) in [6, 6.07) is 59.2. The average molecular weight is 1850 g/mol. The maximum absolute atomic E-state index is 6.14. The van der Waals surface area contributed by atoms with Crippen molar-refractivity contribution in [2.75, 3.05) is 159 Å². The van der Waals surface area contributed by atoms with Crippen LogP contribution in [-0.2, 0) is 34.5 Å². The van der Waals surface area contributed by atoms with Gasteiger partial charge in [-0.3, -0.25) is 0 Å². The molecule has 0 aliphatic rings. The first kappa shape index (κ1) is 110. The summed E-state index contributed by atoms with van der Waals surface area (Å²) in [4.78, 5) is 12.1. The molecule has 0 heterocycles. The zero-order valence-corrected chi connectivity index (χ0v) is 89.5. The lowest BCUT2D eigenvalue weighted by atomic mass is 9.85. The quantitative estimate of drug-likeness (QED) is 0.0268. The Kier molecular flexibility index (Phi) is 47.4. The van der Waals surface area contributed by atoms with Crippen LogP contribution in [0.1, 0.15) is 183 Å². The van der Waals surface area contributed by atoms with Crippen molar-refractivity contribution in [1.29, 1.82) is 0 Å². The number of rotatable bonds is 40. The molecule has 0 N–H and O–H groups in total. The van der Waals surface area contributed by atoms with Crippen LogP contribution in [0.2, 0.25) is 0 Å². The fourth-order valence-corrected chi connectivity index (χ4v) is 23.3. The lowest BCUT2D eigenvalue weighted by molar-refractivity contribution is 0.0505. The Morgan fingerprint density at radius 2 is 0.512 bits per heavy atom. The number of benzene rings is 10. The Labute approximate surface area is 788 Å². The fraction of sp³-hybridized carbons (Fsp3) is 0.450. The second-order valence-corrected chi connectivity index (χ2v) is 40.8. The Balaban J connectivity index is 0.000000249. The zero-order valence-electron chi connectivity index (χ0n) is 84.5. The SMILES string of the molecule is CCN(CC)c1cccc(C)c1Pc1cc(C(C)(C)C)cc(C)c1OCOC.CCN(CC)c1cccc(C)c1Pc1cc(C)cc(C(C)(C)C)c1OCOC.CCN(CC)c1cccc(C)c1Pc1cc(C)cc(C)c1OCOC.CCN(CC)c1cccc(C)c1Pc1cc(C)ccc1OCOC.CCN(CC)c1cccc(C)c1Pc1cccc(C)c1OCOC. The second-order valence-electron chi connectivity index (χ2n) is 34.4. The smallest absolute Gasteiger partial charge is 0.188 e. The molecule has 0 amide bonds. The summed E-state index contributed by atoms with van der Waals surface area (Å²) >= 11 is 0. The molecule has 0 fully saturated rings. The van der Waals surface area contributed by atoms with E-state index in [9.17, 15) is 0 Å². The van der Waals surface area contributed by atoms with Gasteiger partial charge in [-0.15, -0.1) is 0 Å². The van der Waals surface area contributed by atoms with Gasteiger partial charge in [-0.25, -0.2) is 0 Å². The van der Waals surface area contributed by atoms with Gasteiger partial charge in [0.15, 0.2) is 34.0 Å². The molecule has 10 aromatic rings. The van der Waals surface area contributed by atoms with Gasteiger partial charge < -0.3 is 71.9 Å². The molecule has 15 nitrogen and oxygen atoms in total. The van der Waals surface area contributed by atoms with E-state index in [-0.39, 0.29) is 44.8 Å².